The van der Waals surface area contributed by atoms with Crippen molar-refractivity contribution in [1.29, 1.82) is 0 Å². The summed E-state index contributed by atoms with van der Waals surface area (Å²) in [6, 6.07) is 6.49. The summed E-state index contributed by atoms with van der Waals surface area (Å²) in [5.74, 6) is 0.322. The summed E-state index contributed by atoms with van der Waals surface area (Å²) in [6.45, 7) is 6.01. The number of hydrogen-bond donors (Lipinski definition) is 1. The lowest BCUT2D eigenvalue weighted by Crippen LogP contribution is -2.49. The number of hydrogen-bond acceptors (Lipinski definition) is 3. The van der Waals surface area contributed by atoms with Crippen LogP contribution in [0.25, 0.3) is 0 Å². The van der Waals surface area contributed by atoms with Crippen LogP contribution in [0.5, 0.6) is 0 Å². The molecule has 1 aromatic heterocycles. The molecule has 1 unspecified atom stereocenters. The molecule has 0 bridgehead atoms. The quantitative estimate of drug-likeness (QED) is 0.929. The molecule has 0 saturated heterocycles. The molecule has 126 valence electrons. The van der Waals surface area contributed by atoms with E-state index < -0.39 is 6.04 Å². The topological polar surface area (TPSA) is 67.2 Å². The molecule has 0 aliphatic carbocycles. The molecule has 24 heavy (non-hydrogen) atoms. The Kier molecular flexibility index (Phi) is 4.32. The highest BCUT2D eigenvalue weighted by molar-refractivity contribution is 6.31. The number of aryl methyl sites for hydroxylation is 3. The number of carbonyl (C=O) groups is 2. The van der Waals surface area contributed by atoms with Crippen molar-refractivity contribution in [2.75, 3.05) is 10.2 Å². The predicted molar refractivity (Wildman–Crippen MR) is 93.3 cm³/mol. The molecule has 2 heterocycles. The fourth-order valence-electron chi connectivity index (χ4n) is 2.84. The third-order valence-corrected chi connectivity index (χ3v) is 4.39. The van der Waals surface area contributed by atoms with Crippen LogP contribution >= 0.6 is 11.6 Å². The first-order valence-corrected chi connectivity index (χ1v) is 8.18. The number of carbonyl (C=O) groups excluding carboxylic acids is 2. The Balaban J connectivity index is 1.85. The maximum absolute atomic E-state index is 12.7. The number of fused-ring (bicyclic) bond motifs is 1. The normalized spacial score (nSPS) is 15.2. The Morgan fingerprint density at radius 1 is 1.33 bits per heavy atom. The van der Waals surface area contributed by atoms with Crippen molar-refractivity contribution in [2.24, 2.45) is 0 Å². The van der Waals surface area contributed by atoms with E-state index in [0.29, 0.717) is 29.5 Å². The molecule has 3 rings (SSSR count). The number of aromatic nitrogens is 2. The minimum Gasteiger partial charge on any atom is -0.324 e. The van der Waals surface area contributed by atoms with Crippen molar-refractivity contribution in [3.05, 3.63) is 40.5 Å². The van der Waals surface area contributed by atoms with Crippen LogP contribution in [0.15, 0.2) is 24.3 Å². The van der Waals surface area contributed by atoms with Gasteiger partial charge in [0.2, 0.25) is 11.8 Å². The Bertz CT molecular complexity index is 815. The third-order valence-electron chi connectivity index (χ3n) is 4.16. The molecular formula is C17H19ClN4O2. The summed E-state index contributed by atoms with van der Waals surface area (Å²) in [5.41, 5.74) is 2.38. The first-order valence-electron chi connectivity index (χ1n) is 7.80. The third kappa shape index (κ3) is 3.01. The van der Waals surface area contributed by atoms with Gasteiger partial charge in [-0.25, -0.2) is 4.68 Å². The van der Waals surface area contributed by atoms with Gasteiger partial charge in [0, 0.05) is 23.2 Å². The summed E-state index contributed by atoms with van der Waals surface area (Å²) in [5, 5.41) is 7.77. The fourth-order valence-corrected chi connectivity index (χ4v) is 3.01. The molecule has 6 nitrogen and oxygen atoms in total. The molecule has 2 amide bonds. The zero-order valence-electron chi connectivity index (χ0n) is 13.8. The van der Waals surface area contributed by atoms with Gasteiger partial charge in [-0.2, -0.15) is 5.10 Å². The van der Waals surface area contributed by atoms with Gasteiger partial charge in [0.1, 0.15) is 11.9 Å². The molecule has 7 heteroatoms. The molecule has 0 spiro atoms. The molecule has 1 N–H and O–H groups in total. The van der Waals surface area contributed by atoms with Gasteiger partial charge in [-0.3, -0.25) is 14.5 Å². The zero-order valence-corrected chi connectivity index (χ0v) is 14.6. The summed E-state index contributed by atoms with van der Waals surface area (Å²) in [4.78, 5) is 26.5. The van der Waals surface area contributed by atoms with Crippen molar-refractivity contribution in [3.63, 3.8) is 0 Å². The zero-order chi connectivity index (χ0) is 17.4. The second-order valence-electron chi connectivity index (χ2n) is 6.01. The van der Waals surface area contributed by atoms with Crippen molar-refractivity contribution in [3.8, 4) is 0 Å². The number of halogens is 1. The number of rotatable bonds is 3. The van der Waals surface area contributed by atoms with Crippen molar-refractivity contribution >= 4 is 34.9 Å². The average molecular weight is 347 g/mol. The summed E-state index contributed by atoms with van der Waals surface area (Å²) in [6.07, 6.45) is 0.335. The van der Waals surface area contributed by atoms with E-state index in [4.69, 9.17) is 11.6 Å². The van der Waals surface area contributed by atoms with Crippen molar-refractivity contribution in [2.45, 2.75) is 39.8 Å². The van der Waals surface area contributed by atoms with Crippen LogP contribution in [-0.2, 0) is 16.1 Å². The highest BCUT2D eigenvalue weighted by atomic mass is 35.5. The number of nitrogens with one attached hydrogen (secondary N) is 1. The second kappa shape index (κ2) is 6.28. The average Bonchev–Trinajstić information content (AvgIpc) is 2.90. The van der Waals surface area contributed by atoms with E-state index in [-0.39, 0.29) is 11.8 Å². The van der Waals surface area contributed by atoms with Gasteiger partial charge in [-0.05, 0) is 38.5 Å². The summed E-state index contributed by atoms with van der Waals surface area (Å²) >= 11 is 5.99. The molecule has 0 radical (unpaired) electrons. The van der Waals surface area contributed by atoms with E-state index in [9.17, 15) is 9.59 Å². The molecular weight excluding hydrogens is 328 g/mol. The van der Waals surface area contributed by atoms with E-state index in [1.165, 1.54) is 4.90 Å². The largest absolute Gasteiger partial charge is 0.324 e. The first kappa shape index (κ1) is 16.5. The standard InChI is InChI=1S/C17H19ClN4O2/c1-10-4-5-13(18)9-14(10)19-17(24)12(3)22-15-8-11(2)20-21(15)7-6-16(22)23/h4-5,8-9,12H,6-7H2,1-3H3,(H,19,24). The maximum atomic E-state index is 12.7. The summed E-state index contributed by atoms with van der Waals surface area (Å²) < 4.78 is 1.77. The molecule has 2 aromatic rings. The van der Waals surface area contributed by atoms with Crippen LogP contribution in [-0.4, -0.2) is 27.6 Å². The van der Waals surface area contributed by atoms with Gasteiger partial charge in [-0.15, -0.1) is 0 Å². The van der Waals surface area contributed by atoms with E-state index in [1.54, 1.807) is 23.7 Å². The Morgan fingerprint density at radius 3 is 2.83 bits per heavy atom. The van der Waals surface area contributed by atoms with Gasteiger partial charge in [0.05, 0.1) is 12.2 Å². The number of anilines is 2. The van der Waals surface area contributed by atoms with E-state index in [2.05, 4.69) is 10.4 Å². The van der Waals surface area contributed by atoms with E-state index in [1.807, 2.05) is 26.0 Å². The lowest BCUT2D eigenvalue weighted by Gasteiger charge is -2.32. The molecule has 1 aliphatic rings. The van der Waals surface area contributed by atoms with Gasteiger partial charge >= 0.3 is 0 Å². The van der Waals surface area contributed by atoms with E-state index >= 15 is 0 Å². The minimum atomic E-state index is -0.647. The Morgan fingerprint density at radius 2 is 2.08 bits per heavy atom. The molecule has 0 saturated carbocycles. The number of benzene rings is 1. The van der Waals surface area contributed by atoms with Crippen LogP contribution in [0.4, 0.5) is 11.5 Å². The summed E-state index contributed by atoms with van der Waals surface area (Å²) in [7, 11) is 0. The van der Waals surface area contributed by atoms with Crippen LogP contribution in [0.3, 0.4) is 0 Å². The monoisotopic (exact) mass is 346 g/mol. The van der Waals surface area contributed by atoms with Gasteiger partial charge in [-0.1, -0.05) is 17.7 Å². The first-order chi connectivity index (χ1) is 11.4. The molecule has 1 aromatic carbocycles. The van der Waals surface area contributed by atoms with Crippen LogP contribution in [0.2, 0.25) is 5.02 Å². The highest BCUT2D eigenvalue weighted by Gasteiger charge is 2.33. The van der Waals surface area contributed by atoms with Gasteiger partial charge in [0.15, 0.2) is 0 Å². The Hall–Kier alpha value is -2.34. The molecule has 1 atom stereocenters. The SMILES string of the molecule is Cc1cc2n(n1)CCC(=O)N2C(C)C(=O)Nc1cc(Cl)ccc1C. The fraction of sp³-hybridized carbons (Fsp3) is 0.353. The van der Waals surface area contributed by atoms with Crippen LogP contribution in [0.1, 0.15) is 24.6 Å². The maximum Gasteiger partial charge on any atom is 0.247 e. The molecule has 1 aliphatic heterocycles. The Labute approximate surface area is 145 Å². The number of amides is 2. The highest BCUT2D eigenvalue weighted by Crippen LogP contribution is 2.26. The predicted octanol–water partition coefficient (Wildman–Crippen LogP) is 2.92. The molecule has 0 fully saturated rings. The smallest absolute Gasteiger partial charge is 0.247 e. The van der Waals surface area contributed by atoms with Gasteiger partial charge in [0.25, 0.3) is 0 Å². The lowest BCUT2D eigenvalue weighted by molar-refractivity contribution is -0.124. The van der Waals surface area contributed by atoms with Crippen LogP contribution < -0.4 is 10.2 Å². The van der Waals surface area contributed by atoms with Gasteiger partial charge < -0.3 is 5.32 Å². The van der Waals surface area contributed by atoms with Crippen LogP contribution in [0, 0.1) is 13.8 Å². The number of nitrogens with zero attached hydrogens (tertiary/aromatic N) is 3. The second-order valence-corrected chi connectivity index (χ2v) is 6.44. The minimum absolute atomic E-state index is 0.0760. The van der Waals surface area contributed by atoms with Crippen molar-refractivity contribution in [1.82, 2.24) is 9.78 Å². The van der Waals surface area contributed by atoms with Crippen molar-refractivity contribution < 1.29 is 9.59 Å². The van der Waals surface area contributed by atoms with E-state index in [0.717, 1.165) is 11.3 Å². The lowest BCUT2D eigenvalue weighted by atomic mass is 10.1.